The predicted molar refractivity (Wildman–Crippen MR) is 107 cm³/mol. The van der Waals surface area contributed by atoms with E-state index in [2.05, 4.69) is 15.9 Å². The predicted octanol–water partition coefficient (Wildman–Crippen LogP) is 3.48. The molecule has 0 spiro atoms. The summed E-state index contributed by atoms with van der Waals surface area (Å²) in [4.78, 5) is 4.58. The molecule has 2 aromatic carbocycles. The molecule has 1 atom stereocenters. The third-order valence-electron chi connectivity index (χ3n) is 4.98. The van der Waals surface area contributed by atoms with Gasteiger partial charge in [-0.05, 0) is 35.9 Å². The van der Waals surface area contributed by atoms with Crippen LogP contribution in [0.4, 0.5) is 5.69 Å². The SMILES string of the molecule is OC(CN1CCN(c2ccccc2Cl)CC1)c1ccc2c(c1)OCC=CO2. The summed E-state index contributed by atoms with van der Waals surface area (Å²) >= 11 is 6.31. The summed E-state index contributed by atoms with van der Waals surface area (Å²) in [5, 5.41) is 11.5. The minimum Gasteiger partial charge on any atom is -0.485 e. The van der Waals surface area contributed by atoms with Gasteiger partial charge in [0.25, 0.3) is 0 Å². The average Bonchev–Trinajstić information content (AvgIpc) is 2.94. The Morgan fingerprint density at radius 2 is 1.85 bits per heavy atom. The molecule has 0 amide bonds. The monoisotopic (exact) mass is 386 g/mol. The normalized spacial score (nSPS) is 18.2. The number of para-hydroxylation sites is 1. The van der Waals surface area contributed by atoms with E-state index in [1.807, 2.05) is 42.5 Å². The van der Waals surface area contributed by atoms with Gasteiger partial charge in [0.1, 0.15) is 6.61 Å². The van der Waals surface area contributed by atoms with Gasteiger partial charge in [-0.2, -0.15) is 0 Å². The van der Waals surface area contributed by atoms with E-state index in [1.165, 1.54) is 0 Å². The average molecular weight is 387 g/mol. The molecule has 5 nitrogen and oxygen atoms in total. The molecule has 1 N–H and O–H groups in total. The Bertz CT molecular complexity index is 819. The fourth-order valence-electron chi connectivity index (χ4n) is 3.47. The molecule has 0 bridgehead atoms. The van der Waals surface area contributed by atoms with Crippen molar-refractivity contribution in [2.45, 2.75) is 6.10 Å². The topological polar surface area (TPSA) is 45.2 Å². The molecule has 2 aromatic rings. The summed E-state index contributed by atoms with van der Waals surface area (Å²) in [6.45, 7) is 4.62. The summed E-state index contributed by atoms with van der Waals surface area (Å²) in [7, 11) is 0. The fraction of sp³-hybridized carbons (Fsp3) is 0.333. The maximum absolute atomic E-state index is 10.7. The number of ether oxygens (including phenoxy) is 2. The first-order valence-electron chi connectivity index (χ1n) is 9.19. The van der Waals surface area contributed by atoms with E-state index in [9.17, 15) is 5.11 Å². The van der Waals surface area contributed by atoms with Crippen molar-refractivity contribution in [3.8, 4) is 11.5 Å². The van der Waals surface area contributed by atoms with Crippen LogP contribution < -0.4 is 14.4 Å². The molecule has 1 saturated heterocycles. The van der Waals surface area contributed by atoms with Crippen LogP contribution in [-0.2, 0) is 0 Å². The van der Waals surface area contributed by atoms with Crippen LogP contribution in [0.3, 0.4) is 0 Å². The quantitative estimate of drug-likeness (QED) is 0.871. The number of rotatable bonds is 4. The van der Waals surface area contributed by atoms with E-state index in [0.717, 1.165) is 42.5 Å². The molecule has 4 rings (SSSR count). The number of benzene rings is 2. The van der Waals surface area contributed by atoms with Crippen LogP contribution in [-0.4, -0.2) is 49.3 Å². The number of aliphatic hydroxyl groups excluding tert-OH is 1. The summed E-state index contributed by atoms with van der Waals surface area (Å²) in [6.07, 6.45) is 2.87. The van der Waals surface area contributed by atoms with Gasteiger partial charge >= 0.3 is 0 Å². The Morgan fingerprint density at radius 3 is 2.67 bits per heavy atom. The van der Waals surface area contributed by atoms with Crippen molar-refractivity contribution in [3.05, 3.63) is 65.4 Å². The molecule has 6 heteroatoms. The van der Waals surface area contributed by atoms with Gasteiger partial charge < -0.3 is 19.5 Å². The Kier molecular flexibility index (Phi) is 5.53. The summed E-state index contributed by atoms with van der Waals surface area (Å²) in [5.74, 6) is 1.34. The van der Waals surface area contributed by atoms with Gasteiger partial charge in [0.15, 0.2) is 11.5 Å². The van der Waals surface area contributed by atoms with Gasteiger partial charge in [0.2, 0.25) is 0 Å². The second-order valence-electron chi connectivity index (χ2n) is 6.76. The van der Waals surface area contributed by atoms with Gasteiger partial charge in [-0.1, -0.05) is 29.8 Å². The Hall–Kier alpha value is -2.21. The number of hydrogen-bond acceptors (Lipinski definition) is 5. The number of nitrogens with zero attached hydrogens (tertiary/aromatic N) is 2. The van der Waals surface area contributed by atoms with Crippen molar-refractivity contribution in [2.24, 2.45) is 0 Å². The zero-order chi connectivity index (χ0) is 18.6. The minimum atomic E-state index is -0.568. The van der Waals surface area contributed by atoms with E-state index in [1.54, 1.807) is 6.26 Å². The van der Waals surface area contributed by atoms with Crippen molar-refractivity contribution in [1.82, 2.24) is 4.90 Å². The van der Waals surface area contributed by atoms with Crippen LogP contribution in [0.25, 0.3) is 0 Å². The molecule has 2 heterocycles. The van der Waals surface area contributed by atoms with E-state index < -0.39 is 6.10 Å². The smallest absolute Gasteiger partial charge is 0.168 e. The van der Waals surface area contributed by atoms with Crippen LogP contribution in [0.1, 0.15) is 11.7 Å². The lowest BCUT2D eigenvalue weighted by atomic mass is 10.1. The molecule has 0 saturated carbocycles. The zero-order valence-corrected chi connectivity index (χ0v) is 15.8. The Labute approximate surface area is 164 Å². The molecular weight excluding hydrogens is 364 g/mol. The van der Waals surface area contributed by atoms with Crippen molar-refractivity contribution >= 4 is 17.3 Å². The zero-order valence-electron chi connectivity index (χ0n) is 15.1. The van der Waals surface area contributed by atoms with Gasteiger partial charge in [0.05, 0.1) is 23.1 Å². The maximum atomic E-state index is 10.7. The third kappa shape index (κ3) is 4.21. The van der Waals surface area contributed by atoms with Gasteiger partial charge in [-0.25, -0.2) is 0 Å². The van der Waals surface area contributed by atoms with Crippen LogP contribution in [0.2, 0.25) is 5.02 Å². The second kappa shape index (κ2) is 8.21. The largest absolute Gasteiger partial charge is 0.485 e. The lowest BCUT2D eigenvalue weighted by molar-refractivity contribution is 0.109. The van der Waals surface area contributed by atoms with Gasteiger partial charge in [0, 0.05) is 32.7 Å². The Morgan fingerprint density at radius 1 is 1.04 bits per heavy atom. The summed E-state index contributed by atoms with van der Waals surface area (Å²) in [5.41, 5.74) is 1.92. The van der Waals surface area contributed by atoms with Crippen molar-refractivity contribution in [1.29, 1.82) is 0 Å². The summed E-state index contributed by atoms with van der Waals surface area (Å²) in [6, 6.07) is 13.5. The fourth-order valence-corrected chi connectivity index (χ4v) is 3.73. The number of hydrogen-bond donors (Lipinski definition) is 1. The van der Waals surface area contributed by atoms with Crippen molar-refractivity contribution in [2.75, 3.05) is 44.2 Å². The van der Waals surface area contributed by atoms with Crippen molar-refractivity contribution in [3.63, 3.8) is 0 Å². The first-order chi connectivity index (χ1) is 13.2. The van der Waals surface area contributed by atoms with E-state index >= 15 is 0 Å². The highest BCUT2D eigenvalue weighted by Gasteiger charge is 2.22. The molecule has 2 aliphatic heterocycles. The minimum absolute atomic E-state index is 0.469. The molecule has 1 unspecified atom stereocenters. The van der Waals surface area contributed by atoms with Crippen LogP contribution >= 0.6 is 11.6 Å². The Balaban J connectivity index is 1.35. The lowest BCUT2D eigenvalue weighted by Crippen LogP contribution is -2.47. The molecule has 142 valence electrons. The highest BCUT2D eigenvalue weighted by atomic mass is 35.5. The molecule has 27 heavy (non-hydrogen) atoms. The maximum Gasteiger partial charge on any atom is 0.168 e. The molecule has 0 aliphatic carbocycles. The van der Waals surface area contributed by atoms with Crippen LogP contribution in [0, 0.1) is 0 Å². The third-order valence-corrected chi connectivity index (χ3v) is 5.30. The van der Waals surface area contributed by atoms with Gasteiger partial charge in [-0.3, -0.25) is 4.90 Å². The number of aliphatic hydroxyl groups is 1. The number of piperazine rings is 1. The highest BCUT2D eigenvalue weighted by molar-refractivity contribution is 6.33. The first kappa shape index (κ1) is 18.2. The number of halogens is 1. The molecular formula is C21H23ClN2O3. The van der Waals surface area contributed by atoms with Crippen LogP contribution in [0.15, 0.2) is 54.8 Å². The molecule has 0 aromatic heterocycles. The standard InChI is InChI=1S/C21H23ClN2O3/c22-17-4-1-2-5-18(17)24-10-8-23(9-11-24)15-19(25)16-6-7-20-21(14-16)27-13-3-12-26-20/h1-7,12,14,19,25H,8-11,13,15H2. The van der Waals surface area contributed by atoms with E-state index in [-0.39, 0.29) is 0 Å². The number of β-amino-alcohol motifs (C(OH)–C–C–N with tert-alkyl or cyclic N) is 1. The van der Waals surface area contributed by atoms with Crippen molar-refractivity contribution < 1.29 is 14.6 Å². The number of fused-ring (bicyclic) bond motifs is 1. The molecule has 1 fully saturated rings. The lowest BCUT2D eigenvalue weighted by Gasteiger charge is -2.37. The first-order valence-corrected chi connectivity index (χ1v) is 9.57. The number of anilines is 1. The summed E-state index contributed by atoms with van der Waals surface area (Å²) < 4.78 is 11.1. The van der Waals surface area contributed by atoms with E-state index in [0.29, 0.717) is 24.7 Å². The highest BCUT2D eigenvalue weighted by Crippen LogP contribution is 2.32. The molecule has 0 radical (unpaired) electrons. The second-order valence-corrected chi connectivity index (χ2v) is 7.17. The van der Waals surface area contributed by atoms with Gasteiger partial charge in [-0.15, -0.1) is 0 Å². The van der Waals surface area contributed by atoms with Crippen LogP contribution in [0.5, 0.6) is 11.5 Å². The molecule has 2 aliphatic rings. The van der Waals surface area contributed by atoms with E-state index in [4.69, 9.17) is 21.1 Å².